The van der Waals surface area contributed by atoms with Gasteiger partial charge in [0.25, 0.3) is 0 Å². The van der Waals surface area contributed by atoms with Crippen molar-refractivity contribution in [2.24, 2.45) is 0 Å². The molecule has 0 aromatic carbocycles. The summed E-state index contributed by atoms with van der Waals surface area (Å²) in [5, 5.41) is 12.1. The largest absolute Gasteiger partial charge is 0.396 e. The highest BCUT2D eigenvalue weighted by Gasteiger charge is 2.07. The highest BCUT2D eigenvalue weighted by atomic mass is 16.3. The molecule has 0 fully saturated rings. The number of nitrogens with zero attached hydrogens (tertiary/aromatic N) is 2. The molecule has 0 radical (unpaired) electrons. The van der Waals surface area contributed by atoms with Crippen molar-refractivity contribution in [2.45, 2.75) is 32.7 Å². The number of rotatable bonds is 5. The molecule has 5 nitrogen and oxygen atoms in total. The van der Waals surface area contributed by atoms with Gasteiger partial charge in [0.15, 0.2) is 0 Å². The molecule has 1 heterocycles. The summed E-state index contributed by atoms with van der Waals surface area (Å²) in [6.07, 6.45) is 1.64. The van der Waals surface area contributed by atoms with Crippen molar-refractivity contribution in [3.63, 3.8) is 0 Å². The van der Waals surface area contributed by atoms with Gasteiger partial charge in [-0.1, -0.05) is 6.92 Å². The Morgan fingerprint density at radius 2 is 2.27 bits per heavy atom. The molecule has 0 saturated carbocycles. The number of nitrogens with two attached hydrogens (primary N) is 1. The first kappa shape index (κ1) is 11.7. The zero-order chi connectivity index (χ0) is 11.3. The van der Waals surface area contributed by atoms with Crippen molar-refractivity contribution in [3.8, 4) is 0 Å². The molecular formula is C10H18N4O. The van der Waals surface area contributed by atoms with Crippen LogP contribution in [0.5, 0.6) is 0 Å². The SMILES string of the molecule is CCC(CCO)Nc1cc(C)nc(N)n1. The van der Waals surface area contributed by atoms with E-state index in [1.165, 1.54) is 0 Å². The van der Waals surface area contributed by atoms with Crippen molar-refractivity contribution in [3.05, 3.63) is 11.8 Å². The molecule has 1 aromatic heterocycles. The quantitative estimate of drug-likeness (QED) is 0.673. The molecule has 1 atom stereocenters. The molecule has 1 rings (SSSR count). The summed E-state index contributed by atoms with van der Waals surface area (Å²) in [6.45, 7) is 4.10. The Kier molecular flexibility index (Phi) is 4.30. The molecule has 1 aromatic rings. The summed E-state index contributed by atoms with van der Waals surface area (Å²) in [5.74, 6) is 0.997. The van der Waals surface area contributed by atoms with Crippen molar-refractivity contribution in [1.82, 2.24) is 9.97 Å². The van der Waals surface area contributed by atoms with Gasteiger partial charge in [0, 0.05) is 24.4 Å². The first-order chi connectivity index (χ1) is 7.15. The zero-order valence-electron chi connectivity index (χ0n) is 9.20. The minimum absolute atomic E-state index is 0.172. The second-order valence-corrected chi connectivity index (χ2v) is 3.51. The van der Waals surface area contributed by atoms with Gasteiger partial charge in [0.2, 0.25) is 5.95 Å². The molecule has 5 heteroatoms. The summed E-state index contributed by atoms with van der Waals surface area (Å²) in [6, 6.07) is 2.07. The normalized spacial score (nSPS) is 12.5. The number of hydrogen-bond acceptors (Lipinski definition) is 5. The molecular weight excluding hydrogens is 192 g/mol. The van der Waals surface area contributed by atoms with E-state index in [0.29, 0.717) is 6.42 Å². The second-order valence-electron chi connectivity index (χ2n) is 3.51. The van der Waals surface area contributed by atoms with Gasteiger partial charge in [-0.3, -0.25) is 0 Å². The molecule has 0 bridgehead atoms. The number of aliphatic hydroxyl groups is 1. The van der Waals surface area contributed by atoms with Crippen LogP contribution in [-0.4, -0.2) is 27.7 Å². The fourth-order valence-electron chi connectivity index (χ4n) is 1.41. The van der Waals surface area contributed by atoms with Crippen molar-refractivity contribution >= 4 is 11.8 Å². The molecule has 0 amide bonds. The van der Waals surface area contributed by atoms with Gasteiger partial charge in [-0.2, -0.15) is 4.98 Å². The third kappa shape index (κ3) is 3.71. The van der Waals surface area contributed by atoms with E-state index in [2.05, 4.69) is 22.2 Å². The molecule has 0 aliphatic carbocycles. The maximum atomic E-state index is 8.86. The minimum atomic E-state index is 0.172. The number of aliphatic hydroxyl groups excluding tert-OH is 1. The lowest BCUT2D eigenvalue weighted by Gasteiger charge is -2.16. The molecule has 4 N–H and O–H groups in total. The number of nitrogen functional groups attached to an aromatic ring is 1. The Balaban J connectivity index is 2.69. The molecule has 84 valence electrons. The Morgan fingerprint density at radius 1 is 1.53 bits per heavy atom. The van der Waals surface area contributed by atoms with Crippen LogP contribution in [0.1, 0.15) is 25.5 Å². The van der Waals surface area contributed by atoms with Gasteiger partial charge in [0.1, 0.15) is 5.82 Å². The van der Waals surface area contributed by atoms with Gasteiger partial charge >= 0.3 is 0 Å². The predicted octanol–water partition coefficient (Wildman–Crippen LogP) is 0.940. The second kappa shape index (κ2) is 5.50. The van der Waals surface area contributed by atoms with E-state index in [4.69, 9.17) is 10.8 Å². The monoisotopic (exact) mass is 210 g/mol. The van der Waals surface area contributed by atoms with Gasteiger partial charge < -0.3 is 16.2 Å². The third-order valence-corrected chi connectivity index (χ3v) is 2.19. The van der Waals surface area contributed by atoms with Crippen LogP contribution >= 0.6 is 0 Å². The summed E-state index contributed by atoms with van der Waals surface area (Å²) in [5.41, 5.74) is 6.38. The minimum Gasteiger partial charge on any atom is -0.396 e. The van der Waals surface area contributed by atoms with Gasteiger partial charge in [0.05, 0.1) is 0 Å². The standard InChI is InChI=1S/C10H18N4O/c1-3-8(4-5-15)13-9-6-7(2)12-10(11)14-9/h6,8,15H,3-5H2,1-2H3,(H3,11,12,13,14). The number of anilines is 2. The Labute approximate surface area is 89.7 Å². The van der Waals surface area contributed by atoms with Gasteiger partial charge in [-0.15, -0.1) is 0 Å². The van der Waals surface area contributed by atoms with E-state index in [1.54, 1.807) is 0 Å². The molecule has 0 aliphatic rings. The summed E-state index contributed by atoms with van der Waals surface area (Å²) in [4.78, 5) is 8.07. The number of nitrogens with one attached hydrogen (secondary N) is 1. The zero-order valence-corrected chi connectivity index (χ0v) is 9.20. The lowest BCUT2D eigenvalue weighted by molar-refractivity contribution is 0.278. The van der Waals surface area contributed by atoms with Crippen LogP contribution in [0.25, 0.3) is 0 Å². The highest BCUT2D eigenvalue weighted by Crippen LogP contribution is 2.11. The van der Waals surface area contributed by atoms with Crippen LogP contribution < -0.4 is 11.1 Å². The van der Waals surface area contributed by atoms with Gasteiger partial charge in [-0.05, 0) is 19.8 Å². The summed E-state index contributed by atoms with van der Waals surface area (Å²) < 4.78 is 0. The van der Waals surface area contributed by atoms with Crippen molar-refractivity contribution in [2.75, 3.05) is 17.7 Å². The average Bonchev–Trinajstić information content (AvgIpc) is 2.15. The van der Waals surface area contributed by atoms with Crippen molar-refractivity contribution < 1.29 is 5.11 Å². The van der Waals surface area contributed by atoms with E-state index in [0.717, 1.165) is 17.9 Å². The summed E-state index contributed by atoms with van der Waals surface area (Å²) in [7, 11) is 0. The molecule has 0 spiro atoms. The first-order valence-corrected chi connectivity index (χ1v) is 5.14. The lowest BCUT2D eigenvalue weighted by Crippen LogP contribution is -2.21. The maximum absolute atomic E-state index is 8.86. The van der Waals surface area contributed by atoms with Gasteiger partial charge in [-0.25, -0.2) is 4.98 Å². The van der Waals surface area contributed by atoms with E-state index in [-0.39, 0.29) is 18.6 Å². The Morgan fingerprint density at radius 3 is 2.80 bits per heavy atom. The topological polar surface area (TPSA) is 84.1 Å². The van der Waals surface area contributed by atoms with E-state index >= 15 is 0 Å². The van der Waals surface area contributed by atoms with Crippen LogP contribution in [0.2, 0.25) is 0 Å². The molecule has 15 heavy (non-hydrogen) atoms. The third-order valence-electron chi connectivity index (χ3n) is 2.19. The average molecular weight is 210 g/mol. The Bertz CT molecular complexity index is 296. The van der Waals surface area contributed by atoms with Crippen LogP contribution in [0.3, 0.4) is 0 Å². The maximum Gasteiger partial charge on any atom is 0.222 e. The molecule has 0 aliphatic heterocycles. The first-order valence-electron chi connectivity index (χ1n) is 5.14. The Hall–Kier alpha value is -1.36. The van der Waals surface area contributed by atoms with Crippen LogP contribution in [0.15, 0.2) is 6.07 Å². The summed E-state index contributed by atoms with van der Waals surface area (Å²) >= 11 is 0. The number of aromatic nitrogens is 2. The fourth-order valence-corrected chi connectivity index (χ4v) is 1.41. The van der Waals surface area contributed by atoms with Crippen molar-refractivity contribution in [1.29, 1.82) is 0 Å². The smallest absolute Gasteiger partial charge is 0.222 e. The number of hydrogen-bond donors (Lipinski definition) is 3. The van der Waals surface area contributed by atoms with E-state index in [1.807, 2.05) is 13.0 Å². The fraction of sp³-hybridized carbons (Fsp3) is 0.600. The van der Waals surface area contributed by atoms with Crippen LogP contribution in [0.4, 0.5) is 11.8 Å². The van der Waals surface area contributed by atoms with E-state index in [9.17, 15) is 0 Å². The van der Waals surface area contributed by atoms with E-state index < -0.39 is 0 Å². The predicted molar refractivity (Wildman–Crippen MR) is 60.6 cm³/mol. The highest BCUT2D eigenvalue weighted by molar-refractivity contribution is 5.40. The van der Waals surface area contributed by atoms with Crippen LogP contribution in [0, 0.1) is 6.92 Å². The lowest BCUT2D eigenvalue weighted by atomic mass is 10.1. The molecule has 1 unspecified atom stereocenters. The number of aryl methyl sites for hydroxylation is 1. The molecule has 0 saturated heterocycles. The van der Waals surface area contributed by atoms with Crippen LogP contribution in [-0.2, 0) is 0 Å².